The topological polar surface area (TPSA) is 38.1 Å². The van der Waals surface area contributed by atoms with Crippen LogP contribution in [-0.2, 0) is 13.2 Å². The maximum Gasteiger partial charge on any atom is 0.0885 e. The molecule has 1 aromatic heterocycles. The number of aliphatic hydroxyl groups is 1. The molecule has 1 N–H and O–H groups in total. The quantitative estimate of drug-likeness (QED) is 0.789. The van der Waals surface area contributed by atoms with Crippen molar-refractivity contribution in [3.63, 3.8) is 0 Å². The van der Waals surface area contributed by atoms with Gasteiger partial charge in [-0.25, -0.2) is 0 Å². The van der Waals surface area contributed by atoms with Crippen LogP contribution in [0.1, 0.15) is 16.8 Å². The number of halogens is 1. The van der Waals surface area contributed by atoms with Gasteiger partial charge in [-0.3, -0.25) is 4.68 Å². The molecule has 112 valence electrons. The zero-order valence-electron chi connectivity index (χ0n) is 12.3. The van der Waals surface area contributed by atoms with E-state index in [0.29, 0.717) is 12.2 Å². The van der Waals surface area contributed by atoms with Gasteiger partial charge in [0.15, 0.2) is 0 Å². The standard InChI is InChI=1S/C18H17ClN2O/c1-13-5-4-7-14(9-13)18-10-16(12-22)20-21(18)11-15-6-2-3-8-17(15)19/h2-10,22H,11-12H2,1H3. The van der Waals surface area contributed by atoms with E-state index < -0.39 is 0 Å². The van der Waals surface area contributed by atoms with Crippen molar-refractivity contribution in [3.8, 4) is 11.3 Å². The Hall–Kier alpha value is -2.10. The van der Waals surface area contributed by atoms with Crippen LogP contribution in [0.3, 0.4) is 0 Å². The molecule has 0 aliphatic carbocycles. The lowest BCUT2D eigenvalue weighted by atomic mass is 10.1. The second kappa shape index (κ2) is 6.34. The Morgan fingerprint density at radius 2 is 1.91 bits per heavy atom. The van der Waals surface area contributed by atoms with Crippen molar-refractivity contribution in [1.29, 1.82) is 0 Å². The van der Waals surface area contributed by atoms with Crippen LogP contribution in [0.5, 0.6) is 0 Å². The van der Waals surface area contributed by atoms with Gasteiger partial charge in [0.05, 0.1) is 24.5 Å². The number of nitrogens with zero attached hydrogens (tertiary/aromatic N) is 2. The van der Waals surface area contributed by atoms with E-state index in [4.69, 9.17) is 11.6 Å². The Bertz CT molecular complexity index is 795. The van der Waals surface area contributed by atoms with Gasteiger partial charge in [0, 0.05) is 10.6 Å². The van der Waals surface area contributed by atoms with Crippen LogP contribution in [-0.4, -0.2) is 14.9 Å². The highest BCUT2D eigenvalue weighted by Crippen LogP contribution is 2.24. The van der Waals surface area contributed by atoms with Gasteiger partial charge >= 0.3 is 0 Å². The average molecular weight is 313 g/mol. The first kappa shape index (κ1) is 14.8. The Morgan fingerprint density at radius 3 is 2.64 bits per heavy atom. The number of aromatic nitrogens is 2. The van der Waals surface area contributed by atoms with Crippen LogP contribution in [0.15, 0.2) is 54.6 Å². The summed E-state index contributed by atoms with van der Waals surface area (Å²) in [6.45, 7) is 2.56. The smallest absolute Gasteiger partial charge is 0.0885 e. The minimum absolute atomic E-state index is 0.0751. The van der Waals surface area contributed by atoms with Gasteiger partial charge in [0.25, 0.3) is 0 Å². The maximum absolute atomic E-state index is 9.40. The van der Waals surface area contributed by atoms with Crippen LogP contribution in [0.2, 0.25) is 5.02 Å². The number of rotatable bonds is 4. The molecule has 4 heteroatoms. The summed E-state index contributed by atoms with van der Waals surface area (Å²) in [5.41, 5.74) is 4.91. The summed E-state index contributed by atoms with van der Waals surface area (Å²) in [5, 5.41) is 14.6. The summed E-state index contributed by atoms with van der Waals surface area (Å²) < 4.78 is 1.89. The van der Waals surface area contributed by atoms with Gasteiger partial charge in [-0.1, -0.05) is 53.6 Å². The van der Waals surface area contributed by atoms with Gasteiger partial charge in [-0.05, 0) is 30.7 Å². The molecule has 22 heavy (non-hydrogen) atoms. The van der Waals surface area contributed by atoms with E-state index >= 15 is 0 Å². The normalized spacial score (nSPS) is 10.9. The lowest BCUT2D eigenvalue weighted by Gasteiger charge is -2.09. The molecule has 2 aromatic carbocycles. The third-order valence-electron chi connectivity index (χ3n) is 3.58. The highest BCUT2D eigenvalue weighted by Gasteiger charge is 2.11. The summed E-state index contributed by atoms with van der Waals surface area (Å²) in [5.74, 6) is 0. The molecule has 0 saturated carbocycles. The molecule has 0 saturated heterocycles. The molecule has 0 unspecified atom stereocenters. The van der Waals surface area contributed by atoms with E-state index in [-0.39, 0.29) is 6.61 Å². The molecular weight excluding hydrogens is 296 g/mol. The van der Waals surface area contributed by atoms with E-state index in [1.54, 1.807) is 0 Å². The van der Waals surface area contributed by atoms with Crippen LogP contribution in [0.4, 0.5) is 0 Å². The molecule has 3 rings (SSSR count). The van der Waals surface area contributed by atoms with E-state index in [2.05, 4.69) is 24.2 Å². The van der Waals surface area contributed by atoms with Crippen molar-refractivity contribution < 1.29 is 5.11 Å². The average Bonchev–Trinajstić information content (AvgIpc) is 2.93. The molecular formula is C18H17ClN2O. The molecule has 0 radical (unpaired) electrons. The fourth-order valence-corrected chi connectivity index (χ4v) is 2.69. The van der Waals surface area contributed by atoms with Gasteiger partial charge in [0.1, 0.15) is 0 Å². The van der Waals surface area contributed by atoms with Crippen LogP contribution in [0, 0.1) is 6.92 Å². The number of hydrogen-bond acceptors (Lipinski definition) is 2. The zero-order valence-corrected chi connectivity index (χ0v) is 13.1. The summed E-state index contributed by atoms with van der Waals surface area (Å²) in [6.07, 6.45) is 0. The largest absolute Gasteiger partial charge is 0.390 e. The van der Waals surface area contributed by atoms with Crippen molar-refractivity contribution in [2.45, 2.75) is 20.1 Å². The number of aryl methyl sites for hydroxylation is 1. The Labute approximate surface area is 134 Å². The Balaban J connectivity index is 2.04. The van der Waals surface area contributed by atoms with E-state index in [9.17, 15) is 5.11 Å². The molecule has 1 heterocycles. The van der Waals surface area contributed by atoms with Crippen molar-refractivity contribution in [1.82, 2.24) is 9.78 Å². The highest BCUT2D eigenvalue weighted by molar-refractivity contribution is 6.31. The minimum Gasteiger partial charge on any atom is -0.390 e. The van der Waals surface area contributed by atoms with E-state index in [1.165, 1.54) is 5.56 Å². The van der Waals surface area contributed by atoms with E-state index in [0.717, 1.165) is 21.8 Å². The predicted octanol–water partition coefficient (Wildman–Crippen LogP) is 4.05. The molecule has 0 aliphatic heterocycles. The molecule has 0 aliphatic rings. The van der Waals surface area contributed by atoms with Crippen LogP contribution in [0.25, 0.3) is 11.3 Å². The number of benzene rings is 2. The maximum atomic E-state index is 9.40. The first-order valence-electron chi connectivity index (χ1n) is 7.15. The monoisotopic (exact) mass is 312 g/mol. The second-order valence-corrected chi connectivity index (χ2v) is 5.70. The molecule has 0 amide bonds. The molecule has 3 nitrogen and oxygen atoms in total. The van der Waals surface area contributed by atoms with Gasteiger partial charge in [-0.2, -0.15) is 5.10 Å². The molecule has 3 aromatic rings. The van der Waals surface area contributed by atoms with Crippen molar-refractivity contribution in [2.24, 2.45) is 0 Å². The molecule has 0 bridgehead atoms. The fourth-order valence-electron chi connectivity index (χ4n) is 2.49. The lowest BCUT2D eigenvalue weighted by Crippen LogP contribution is -2.05. The predicted molar refractivity (Wildman–Crippen MR) is 88.9 cm³/mol. The van der Waals surface area contributed by atoms with Crippen molar-refractivity contribution >= 4 is 11.6 Å². The summed E-state index contributed by atoms with van der Waals surface area (Å²) in [4.78, 5) is 0. The summed E-state index contributed by atoms with van der Waals surface area (Å²) >= 11 is 6.25. The third-order valence-corrected chi connectivity index (χ3v) is 3.95. The Morgan fingerprint density at radius 1 is 1.09 bits per heavy atom. The summed E-state index contributed by atoms with van der Waals surface area (Å²) in [7, 11) is 0. The first-order valence-corrected chi connectivity index (χ1v) is 7.53. The molecule has 0 spiro atoms. The second-order valence-electron chi connectivity index (χ2n) is 5.30. The Kier molecular flexibility index (Phi) is 4.27. The zero-order chi connectivity index (χ0) is 15.5. The number of hydrogen-bond donors (Lipinski definition) is 1. The first-order chi connectivity index (χ1) is 10.7. The fraction of sp³-hybridized carbons (Fsp3) is 0.167. The van der Waals surface area contributed by atoms with Crippen LogP contribution < -0.4 is 0 Å². The van der Waals surface area contributed by atoms with Crippen molar-refractivity contribution in [3.05, 3.63) is 76.4 Å². The van der Waals surface area contributed by atoms with Gasteiger partial charge < -0.3 is 5.11 Å². The van der Waals surface area contributed by atoms with Gasteiger partial charge in [-0.15, -0.1) is 0 Å². The van der Waals surface area contributed by atoms with Gasteiger partial charge in [0.2, 0.25) is 0 Å². The minimum atomic E-state index is -0.0751. The van der Waals surface area contributed by atoms with Crippen LogP contribution >= 0.6 is 11.6 Å². The van der Waals surface area contributed by atoms with E-state index in [1.807, 2.05) is 47.1 Å². The highest BCUT2D eigenvalue weighted by atomic mass is 35.5. The molecule has 0 atom stereocenters. The lowest BCUT2D eigenvalue weighted by molar-refractivity contribution is 0.275. The summed E-state index contributed by atoms with van der Waals surface area (Å²) in [6, 6.07) is 17.9. The SMILES string of the molecule is Cc1cccc(-c2cc(CO)nn2Cc2ccccc2Cl)c1. The van der Waals surface area contributed by atoms with Crippen molar-refractivity contribution in [2.75, 3.05) is 0 Å². The number of aliphatic hydroxyl groups excluding tert-OH is 1. The third kappa shape index (κ3) is 3.06. The molecule has 0 fully saturated rings.